The fraction of sp³-hybridized carbons (Fsp3) is 0.0556. The molecular formula is C18H13AsN3OS. The maximum atomic E-state index is 12.5. The number of amides is 1. The third-order valence-corrected chi connectivity index (χ3v) is 7.01. The molecule has 4 nitrogen and oxygen atoms in total. The summed E-state index contributed by atoms with van der Waals surface area (Å²) in [6, 6.07) is 17.3. The van der Waals surface area contributed by atoms with Gasteiger partial charge in [-0.1, -0.05) is 0 Å². The molecule has 3 aromatic rings. The fourth-order valence-corrected chi connectivity index (χ4v) is 5.71. The summed E-state index contributed by atoms with van der Waals surface area (Å²) in [5.74, 6) is -0.191. The third-order valence-electron chi connectivity index (χ3n) is 3.25. The molecule has 0 saturated carbocycles. The Bertz CT molecular complexity index is 930. The molecule has 1 heterocycles. The van der Waals surface area contributed by atoms with Crippen LogP contribution in [0.1, 0.15) is 21.6 Å². The summed E-state index contributed by atoms with van der Waals surface area (Å²) in [5, 5.41) is 11.9. The van der Waals surface area contributed by atoms with E-state index in [9.17, 15) is 4.79 Å². The molecule has 2 aromatic carbocycles. The zero-order valence-corrected chi connectivity index (χ0v) is 15.5. The van der Waals surface area contributed by atoms with Crippen LogP contribution in [-0.2, 0) is 0 Å². The summed E-state index contributed by atoms with van der Waals surface area (Å²) in [4.78, 5) is 16.8. The predicted octanol–water partition coefficient (Wildman–Crippen LogP) is 2.23. The molecule has 0 bridgehead atoms. The monoisotopic (exact) mass is 394 g/mol. The van der Waals surface area contributed by atoms with E-state index in [-0.39, 0.29) is 21.7 Å². The van der Waals surface area contributed by atoms with Crippen molar-refractivity contribution >= 4 is 46.7 Å². The van der Waals surface area contributed by atoms with Crippen molar-refractivity contribution in [3.05, 3.63) is 70.9 Å². The van der Waals surface area contributed by atoms with Crippen molar-refractivity contribution < 1.29 is 4.79 Å². The van der Waals surface area contributed by atoms with Gasteiger partial charge in [0, 0.05) is 0 Å². The first kappa shape index (κ1) is 16.4. The number of nitrogens with zero attached hydrogens (tertiary/aromatic N) is 2. The summed E-state index contributed by atoms with van der Waals surface area (Å²) in [6.07, 6.45) is 0. The Morgan fingerprint density at radius 3 is 2.88 bits per heavy atom. The van der Waals surface area contributed by atoms with E-state index in [1.165, 1.54) is 11.3 Å². The molecule has 117 valence electrons. The van der Waals surface area contributed by atoms with Gasteiger partial charge in [0.05, 0.1) is 0 Å². The van der Waals surface area contributed by atoms with Crippen molar-refractivity contribution in [2.75, 3.05) is 5.32 Å². The van der Waals surface area contributed by atoms with Crippen LogP contribution in [0.5, 0.6) is 0 Å². The van der Waals surface area contributed by atoms with Crippen LogP contribution in [0.25, 0.3) is 0 Å². The summed E-state index contributed by atoms with van der Waals surface area (Å²) in [7, 11) is 0. The molecule has 0 spiro atoms. The molecule has 3 rings (SSSR count). The van der Waals surface area contributed by atoms with E-state index < -0.39 is 0 Å². The van der Waals surface area contributed by atoms with Crippen LogP contribution in [-0.4, -0.2) is 26.6 Å². The number of nitriles is 1. The number of benzene rings is 2. The molecular weight excluding hydrogens is 381 g/mol. The molecule has 6 heteroatoms. The Morgan fingerprint density at radius 2 is 2.08 bits per heavy atom. The Kier molecular flexibility index (Phi) is 5.10. The van der Waals surface area contributed by atoms with Gasteiger partial charge in [-0.3, -0.25) is 0 Å². The van der Waals surface area contributed by atoms with Crippen molar-refractivity contribution in [3.8, 4) is 6.07 Å². The second-order valence-corrected chi connectivity index (χ2v) is 9.11. The summed E-state index contributed by atoms with van der Waals surface area (Å²) in [5.41, 5.74) is 4.67. The van der Waals surface area contributed by atoms with Crippen LogP contribution in [0.3, 0.4) is 0 Å². The first-order valence-corrected chi connectivity index (χ1v) is 9.95. The average Bonchev–Trinajstić information content (AvgIpc) is 3.03. The summed E-state index contributed by atoms with van der Waals surface area (Å²) in [6.45, 7) is 1.98. The number of thiazole rings is 1. The molecule has 0 fully saturated rings. The van der Waals surface area contributed by atoms with Crippen molar-refractivity contribution in [3.63, 3.8) is 0 Å². The van der Waals surface area contributed by atoms with Gasteiger partial charge in [-0.25, -0.2) is 0 Å². The fourth-order valence-electron chi connectivity index (χ4n) is 2.15. The van der Waals surface area contributed by atoms with Crippen LogP contribution >= 0.6 is 11.3 Å². The third kappa shape index (κ3) is 3.91. The van der Waals surface area contributed by atoms with Gasteiger partial charge in [0.15, 0.2) is 0 Å². The SMILES string of the molecule is Cc1cccc(NC(=O)c2ncsc2[As]c2cccc(C#N)c2)c1. The van der Waals surface area contributed by atoms with Gasteiger partial charge in [0.1, 0.15) is 0 Å². The zero-order valence-electron chi connectivity index (χ0n) is 12.9. The van der Waals surface area contributed by atoms with E-state index in [0.29, 0.717) is 11.3 Å². The summed E-state index contributed by atoms with van der Waals surface area (Å²) >= 11 is 1.10. The number of aryl methyl sites for hydroxylation is 1. The molecule has 1 aromatic heterocycles. The molecule has 0 aliphatic heterocycles. The molecule has 1 N–H and O–H groups in total. The Labute approximate surface area is 150 Å². The number of aromatic nitrogens is 1. The molecule has 24 heavy (non-hydrogen) atoms. The molecule has 0 unspecified atom stereocenters. The predicted molar refractivity (Wildman–Crippen MR) is 97.4 cm³/mol. The first-order valence-electron chi connectivity index (χ1n) is 7.19. The van der Waals surface area contributed by atoms with Gasteiger partial charge < -0.3 is 0 Å². The Hall–Kier alpha value is -2.41. The minimum atomic E-state index is -0.383. The number of anilines is 1. The molecule has 1 radical (unpaired) electrons. The van der Waals surface area contributed by atoms with Gasteiger partial charge in [-0.15, -0.1) is 0 Å². The van der Waals surface area contributed by atoms with Gasteiger partial charge >= 0.3 is 151 Å². The Balaban J connectivity index is 1.79. The van der Waals surface area contributed by atoms with Gasteiger partial charge in [-0.2, -0.15) is 0 Å². The topological polar surface area (TPSA) is 65.8 Å². The molecule has 0 atom stereocenters. The van der Waals surface area contributed by atoms with Gasteiger partial charge in [-0.05, 0) is 0 Å². The number of rotatable bonds is 4. The normalized spacial score (nSPS) is 10.7. The first-order chi connectivity index (χ1) is 11.7. The van der Waals surface area contributed by atoms with E-state index >= 15 is 0 Å². The second kappa shape index (κ2) is 7.44. The average molecular weight is 394 g/mol. The minimum absolute atomic E-state index is 0.191. The quantitative estimate of drug-likeness (QED) is 0.691. The molecule has 0 aliphatic carbocycles. The van der Waals surface area contributed by atoms with Crippen molar-refractivity contribution in [1.29, 1.82) is 5.26 Å². The van der Waals surface area contributed by atoms with Gasteiger partial charge in [0.25, 0.3) is 0 Å². The van der Waals surface area contributed by atoms with Crippen molar-refractivity contribution in [2.45, 2.75) is 6.92 Å². The number of nitrogens with one attached hydrogen (secondary N) is 1. The number of hydrogen-bond acceptors (Lipinski definition) is 4. The standard InChI is InChI=1S/C18H13AsN3OS/c1-12-4-2-7-15(8-12)22-18(23)16-17(24-11-21-16)19-14-6-3-5-13(9-14)10-20/h2-9,11H,1H3,(H,22,23). The molecule has 0 saturated heterocycles. The zero-order chi connectivity index (χ0) is 16.9. The van der Waals surface area contributed by atoms with Crippen LogP contribution in [0.15, 0.2) is 54.0 Å². The van der Waals surface area contributed by atoms with Crippen molar-refractivity contribution in [1.82, 2.24) is 4.98 Å². The van der Waals surface area contributed by atoms with Crippen LogP contribution in [0.4, 0.5) is 5.69 Å². The number of carbonyl (C=O) groups is 1. The van der Waals surface area contributed by atoms with Crippen LogP contribution in [0.2, 0.25) is 0 Å². The van der Waals surface area contributed by atoms with Gasteiger partial charge in [0.2, 0.25) is 0 Å². The number of hydrogen-bond donors (Lipinski definition) is 1. The van der Waals surface area contributed by atoms with E-state index in [2.05, 4.69) is 16.4 Å². The van der Waals surface area contributed by atoms with E-state index in [1.54, 1.807) is 11.6 Å². The van der Waals surface area contributed by atoms with Crippen LogP contribution in [0, 0.1) is 18.3 Å². The summed E-state index contributed by atoms with van der Waals surface area (Å²) < 4.78 is 2.06. The maximum absolute atomic E-state index is 12.5. The molecule has 0 aliphatic rings. The van der Waals surface area contributed by atoms with Crippen molar-refractivity contribution in [2.24, 2.45) is 0 Å². The Morgan fingerprint density at radius 1 is 1.25 bits per heavy atom. The van der Waals surface area contributed by atoms with E-state index in [0.717, 1.165) is 19.3 Å². The van der Waals surface area contributed by atoms with Crippen LogP contribution < -0.4 is 13.3 Å². The van der Waals surface area contributed by atoms with E-state index in [1.807, 2.05) is 49.4 Å². The number of carbonyl (C=O) groups excluding carboxylic acids is 1. The second-order valence-electron chi connectivity index (χ2n) is 5.10. The van der Waals surface area contributed by atoms with E-state index in [4.69, 9.17) is 5.26 Å². The molecule has 1 amide bonds.